The summed E-state index contributed by atoms with van der Waals surface area (Å²) in [6.07, 6.45) is 2.33. The molecule has 3 nitrogen and oxygen atoms in total. The molecule has 1 aliphatic heterocycles. The Morgan fingerprint density at radius 1 is 1.13 bits per heavy atom. The second-order valence-electron chi connectivity index (χ2n) is 5.55. The monoisotopic (exact) mass is 333 g/mol. The summed E-state index contributed by atoms with van der Waals surface area (Å²) in [5, 5.41) is 0.674. The van der Waals surface area contributed by atoms with Gasteiger partial charge >= 0.3 is 0 Å². The lowest BCUT2D eigenvalue weighted by molar-refractivity contribution is 0.112. The molecule has 0 aromatic heterocycles. The van der Waals surface area contributed by atoms with E-state index in [1.54, 1.807) is 24.3 Å². The van der Waals surface area contributed by atoms with Crippen molar-refractivity contribution >= 4 is 23.6 Å². The van der Waals surface area contributed by atoms with Crippen molar-refractivity contribution in [2.75, 3.05) is 18.0 Å². The van der Waals surface area contributed by atoms with Gasteiger partial charge in [0.05, 0.1) is 5.69 Å². The van der Waals surface area contributed by atoms with Crippen LogP contribution in [0.1, 0.15) is 23.2 Å². The van der Waals surface area contributed by atoms with Gasteiger partial charge in [-0.3, -0.25) is 4.79 Å². The van der Waals surface area contributed by atoms with E-state index in [0.29, 0.717) is 35.6 Å². The SMILES string of the molecule is O=Cc1cccc(F)c1N1CCC(Oc2ccc(Cl)cc2)CC1. The molecule has 3 rings (SSSR count). The zero-order chi connectivity index (χ0) is 16.2. The normalized spacial score (nSPS) is 15.5. The van der Waals surface area contributed by atoms with Crippen molar-refractivity contribution < 1.29 is 13.9 Å². The molecule has 0 aliphatic carbocycles. The Kier molecular flexibility index (Phi) is 4.82. The number of piperidine rings is 1. The molecule has 120 valence electrons. The van der Waals surface area contributed by atoms with Crippen LogP contribution in [0.4, 0.5) is 10.1 Å². The molecule has 0 saturated carbocycles. The van der Waals surface area contributed by atoms with Crippen LogP contribution in [-0.2, 0) is 0 Å². The fourth-order valence-electron chi connectivity index (χ4n) is 2.86. The third-order valence-electron chi connectivity index (χ3n) is 4.02. The lowest BCUT2D eigenvalue weighted by Gasteiger charge is -2.34. The molecular weight excluding hydrogens is 317 g/mol. The highest BCUT2D eigenvalue weighted by molar-refractivity contribution is 6.30. The van der Waals surface area contributed by atoms with Gasteiger partial charge in [-0.2, -0.15) is 0 Å². The number of carbonyl (C=O) groups excluding carboxylic acids is 1. The van der Waals surface area contributed by atoms with Gasteiger partial charge in [0.1, 0.15) is 17.7 Å². The number of halogens is 2. The van der Waals surface area contributed by atoms with Crippen LogP contribution in [0.5, 0.6) is 5.75 Å². The molecule has 1 fully saturated rings. The second-order valence-corrected chi connectivity index (χ2v) is 5.99. The van der Waals surface area contributed by atoms with E-state index in [0.717, 1.165) is 18.6 Å². The number of nitrogens with zero attached hydrogens (tertiary/aromatic N) is 1. The smallest absolute Gasteiger partial charge is 0.152 e. The first kappa shape index (κ1) is 15.8. The van der Waals surface area contributed by atoms with E-state index in [1.165, 1.54) is 6.07 Å². The van der Waals surface area contributed by atoms with Crippen LogP contribution < -0.4 is 9.64 Å². The molecular formula is C18H17ClFNO2. The standard InChI is InChI=1S/C18H17ClFNO2/c19-14-4-6-15(7-5-14)23-16-8-10-21(11-9-16)18-13(12-22)2-1-3-17(18)20/h1-7,12,16H,8-11H2. The fourth-order valence-corrected chi connectivity index (χ4v) is 2.99. The third kappa shape index (κ3) is 3.64. The first-order chi connectivity index (χ1) is 11.2. The van der Waals surface area contributed by atoms with Gasteiger partial charge in [-0.05, 0) is 36.4 Å². The van der Waals surface area contributed by atoms with E-state index in [-0.39, 0.29) is 11.9 Å². The average Bonchev–Trinajstić information content (AvgIpc) is 2.57. The molecule has 0 radical (unpaired) electrons. The number of ether oxygens (including phenoxy) is 1. The van der Waals surface area contributed by atoms with Gasteiger partial charge in [0.15, 0.2) is 6.29 Å². The maximum atomic E-state index is 14.1. The summed E-state index contributed by atoms with van der Waals surface area (Å²) in [4.78, 5) is 13.0. The first-order valence-corrected chi connectivity index (χ1v) is 7.96. The number of anilines is 1. The van der Waals surface area contributed by atoms with Crippen LogP contribution >= 0.6 is 11.6 Å². The molecule has 0 unspecified atom stereocenters. The summed E-state index contributed by atoms with van der Waals surface area (Å²) >= 11 is 5.86. The number of rotatable bonds is 4. The minimum Gasteiger partial charge on any atom is -0.490 e. The first-order valence-electron chi connectivity index (χ1n) is 7.58. The largest absolute Gasteiger partial charge is 0.490 e. The Morgan fingerprint density at radius 2 is 1.83 bits per heavy atom. The van der Waals surface area contributed by atoms with Crippen molar-refractivity contribution in [3.05, 3.63) is 58.9 Å². The molecule has 1 heterocycles. The lowest BCUT2D eigenvalue weighted by Crippen LogP contribution is -2.39. The van der Waals surface area contributed by atoms with E-state index in [1.807, 2.05) is 17.0 Å². The van der Waals surface area contributed by atoms with E-state index < -0.39 is 0 Å². The summed E-state index contributed by atoms with van der Waals surface area (Å²) in [5.74, 6) is 0.430. The topological polar surface area (TPSA) is 29.5 Å². The van der Waals surface area contributed by atoms with Crippen molar-refractivity contribution in [1.29, 1.82) is 0 Å². The van der Waals surface area contributed by atoms with Crippen LogP contribution in [0, 0.1) is 5.82 Å². The Hall–Kier alpha value is -2.07. The number of hydrogen-bond donors (Lipinski definition) is 0. The van der Waals surface area contributed by atoms with Gasteiger partial charge < -0.3 is 9.64 Å². The van der Waals surface area contributed by atoms with E-state index in [2.05, 4.69) is 0 Å². The van der Waals surface area contributed by atoms with Crippen LogP contribution in [0.25, 0.3) is 0 Å². The van der Waals surface area contributed by atoms with Crippen LogP contribution in [-0.4, -0.2) is 25.5 Å². The number of hydrogen-bond acceptors (Lipinski definition) is 3. The predicted octanol–water partition coefficient (Wildman–Crippen LogP) is 4.34. The molecule has 0 atom stereocenters. The van der Waals surface area contributed by atoms with Crippen molar-refractivity contribution in [2.45, 2.75) is 18.9 Å². The third-order valence-corrected chi connectivity index (χ3v) is 4.27. The summed E-state index contributed by atoms with van der Waals surface area (Å²) < 4.78 is 20.0. The molecule has 1 aliphatic rings. The van der Waals surface area contributed by atoms with Crippen molar-refractivity contribution in [3.8, 4) is 5.75 Å². The maximum Gasteiger partial charge on any atom is 0.152 e. The Bertz CT molecular complexity index is 682. The molecule has 2 aromatic rings. The summed E-state index contributed by atoms with van der Waals surface area (Å²) in [5.41, 5.74) is 0.787. The molecule has 0 bridgehead atoms. The maximum absolute atomic E-state index is 14.1. The highest BCUT2D eigenvalue weighted by Gasteiger charge is 2.24. The summed E-state index contributed by atoms with van der Waals surface area (Å²) in [7, 11) is 0. The number of benzene rings is 2. The van der Waals surface area contributed by atoms with Crippen LogP contribution in [0.2, 0.25) is 5.02 Å². The van der Waals surface area contributed by atoms with Crippen LogP contribution in [0.15, 0.2) is 42.5 Å². The van der Waals surface area contributed by atoms with Gasteiger partial charge in [0.25, 0.3) is 0 Å². The van der Waals surface area contributed by atoms with Gasteiger partial charge in [0.2, 0.25) is 0 Å². The number of aldehydes is 1. The summed E-state index contributed by atoms with van der Waals surface area (Å²) in [6, 6.07) is 11.9. The van der Waals surface area contributed by atoms with Gasteiger partial charge in [-0.25, -0.2) is 4.39 Å². The number of para-hydroxylation sites is 1. The molecule has 0 spiro atoms. The zero-order valence-corrected chi connectivity index (χ0v) is 13.3. The quantitative estimate of drug-likeness (QED) is 0.779. The van der Waals surface area contributed by atoms with Gasteiger partial charge in [-0.1, -0.05) is 17.7 Å². The molecule has 1 saturated heterocycles. The van der Waals surface area contributed by atoms with E-state index >= 15 is 0 Å². The van der Waals surface area contributed by atoms with Gasteiger partial charge in [-0.15, -0.1) is 0 Å². The van der Waals surface area contributed by atoms with Crippen molar-refractivity contribution in [1.82, 2.24) is 0 Å². The highest BCUT2D eigenvalue weighted by Crippen LogP contribution is 2.28. The average molecular weight is 334 g/mol. The summed E-state index contributed by atoms with van der Waals surface area (Å²) in [6.45, 7) is 1.31. The van der Waals surface area contributed by atoms with Crippen molar-refractivity contribution in [2.24, 2.45) is 0 Å². The Morgan fingerprint density at radius 3 is 2.48 bits per heavy atom. The fraction of sp³-hybridized carbons (Fsp3) is 0.278. The van der Waals surface area contributed by atoms with Crippen LogP contribution in [0.3, 0.4) is 0 Å². The molecule has 0 amide bonds. The molecule has 2 aromatic carbocycles. The lowest BCUT2D eigenvalue weighted by atomic mass is 10.0. The minimum atomic E-state index is -0.355. The molecule has 5 heteroatoms. The second kappa shape index (κ2) is 7.01. The molecule has 0 N–H and O–H groups in total. The molecule has 23 heavy (non-hydrogen) atoms. The number of carbonyl (C=O) groups is 1. The highest BCUT2D eigenvalue weighted by atomic mass is 35.5. The van der Waals surface area contributed by atoms with E-state index in [9.17, 15) is 9.18 Å². The van der Waals surface area contributed by atoms with E-state index in [4.69, 9.17) is 16.3 Å². The van der Waals surface area contributed by atoms with Gasteiger partial charge in [0, 0.05) is 36.5 Å². The predicted molar refractivity (Wildman–Crippen MR) is 89.1 cm³/mol. The minimum absolute atomic E-state index is 0.0823. The van der Waals surface area contributed by atoms with Crippen molar-refractivity contribution in [3.63, 3.8) is 0 Å². The Balaban J connectivity index is 1.65. The Labute approximate surface area is 139 Å². The zero-order valence-electron chi connectivity index (χ0n) is 12.5.